The minimum atomic E-state index is -0.701. The Labute approximate surface area is 140 Å². The molecular weight excluding hydrogens is 302 g/mol. The monoisotopic (exact) mass is 323 g/mol. The average Bonchev–Trinajstić information content (AvgIpc) is 2.88. The Morgan fingerprint density at radius 3 is 2.33 bits per heavy atom. The summed E-state index contributed by atoms with van der Waals surface area (Å²) < 4.78 is 8.85. The van der Waals surface area contributed by atoms with Crippen LogP contribution in [0.4, 0.5) is 0 Å². The third-order valence-electron chi connectivity index (χ3n) is 4.14. The lowest BCUT2D eigenvalue weighted by Gasteiger charge is -2.13. The zero-order valence-corrected chi connectivity index (χ0v) is 13.6. The van der Waals surface area contributed by atoms with Crippen LogP contribution in [0.3, 0.4) is 0 Å². The zero-order valence-electron chi connectivity index (χ0n) is 13.6. The number of imidazole rings is 1. The molecule has 2 N–H and O–H groups in total. The van der Waals surface area contributed by atoms with E-state index >= 15 is 0 Å². The quantitative estimate of drug-likeness (QED) is 0.685. The van der Waals surface area contributed by atoms with E-state index in [0.717, 1.165) is 22.3 Å². The van der Waals surface area contributed by atoms with Crippen molar-refractivity contribution in [2.45, 2.75) is 19.2 Å². The number of nitrogens with one attached hydrogen (secondary N) is 1. The van der Waals surface area contributed by atoms with E-state index in [1.54, 1.807) is 13.2 Å². The van der Waals surface area contributed by atoms with Gasteiger partial charge in [-0.3, -0.25) is 5.41 Å². The van der Waals surface area contributed by atoms with Gasteiger partial charge >= 0.3 is 0 Å². The summed E-state index contributed by atoms with van der Waals surface area (Å²) in [5, 5.41) is 19.0. The minimum Gasteiger partial charge on any atom is -0.497 e. The number of nitrogens with zero attached hydrogens (tertiary/aromatic N) is 2. The van der Waals surface area contributed by atoms with Crippen LogP contribution in [0.25, 0.3) is 11.0 Å². The van der Waals surface area contributed by atoms with Crippen molar-refractivity contribution >= 4 is 11.0 Å². The molecule has 0 saturated heterocycles. The van der Waals surface area contributed by atoms with Crippen molar-refractivity contribution in [1.82, 2.24) is 9.13 Å². The Morgan fingerprint density at radius 2 is 1.75 bits per heavy atom. The number of hydrogen-bond acceptors (Lipinski definition) is 3. The molecule has 0 aliphatic rings. The zero-order chi connectivity index (χ0) is 17.1. The van der Waals surface area contributed by atoms with Crippen LogP contribution >= 0.6 is 0 Å². The fraction of sp³-hybridized carbons (Fsp3) is 0.211. The lowest BCUT2D eigenvalue weighted by Crippen LogP contribution is -2.26. The van der Waals surface area contributed by atoms with Crippen LogP contribution < -0.4 is 10.4 Å². The number of hydrogen-bond donors (Lipinski definition) is 2. The first-order valence-corrected chi connectivity index (χ1v) is 7.81. The Balaban J connectivity index is 1.98. The molecule has 3 aromatic rings. The van der Waals surface area contributed by atoms with Crippen molar-refractivity contribution in [2.75, 3.05) is 7.11 Å². The van der Waals surface area contributed by atoms with Crippen molar-refractivity contribution in [3.05, 3.63) is 72.4 Å². The highest BCUT2D eigenvalue weighted by Gasteiger charge is 2.14. The van der Waals surface area contributed by atoms with Gasteiger partial charge in [-0.1, -0.05) is 30.3 Å². The summed E-state index contributed by atoms with van der Waals surface area (Å²) in [5.41, 5.74) is 3.04. The molecule has 0 aliphatic heterocycles. The van der Waals surface area contributed by atoms with Crippen LogP contribution in [0.1, 0.15) is 11.7 Å². The first-order valence-electron chi connectivity index (χ1n) is 7.81. The second kappa shape index (κ2) is 6.76. The van der Waals surface area contributed by atoms with Gasteiger partial charge in [-0.05, 0) is 29.8 Å². The molecule has 2 aromatic carbocycles. The summed E-state index contributed by atoms with van der Waals surface area (Å²) in [6.07, 6.45) is 1.07. The Kier molecular flexibility index (Phi) is 4.53. The molecule has 0 amide bonds. The molecule has 0 saturated carbocycles. The van der Waals surface area contributed by atoms with Gasteiger partial charge in [-0.25, -0.2) is 0 Å². The fourth-order valence-corrected chi connectivity index (χ4v) is 2.90. The van der Waals surface area contributed by atoms with E-state index in [9.17, 15) is 5.11 Å². The molecule has 1 heterocycles. The maximum absolute atomic E-state index is 10.6. The van der Waals surface area contributed by atoms with E-state index in [1.165, 1.54) is 0 Å². The van der Waals surface area contributed by atoms with E-state index in [0.29, 0.717) is 18.7 Å². The standard InChI is InChI=1S/C19H21N3O2/c1-3-12-21-16-6-4-5-7-17(16)22(19(21)20)13-18(23)14-8-10-15(24-2)11-9-14/h3-11,18,20,23H,1,12-13H2,2H3. The van der Waals surface area contributed by atoms with Gasteiger partial charge in [-0.15, -0.1) is 6.58 Å². The molecule has 1 aromatic heterocycles. The van der Waals surface area contributed by atoms with Crippen molar-refractivity contribution < 1.29 is 9.84 Å². The number of rotatable bonds is 6. The van der Waals surface area contributed by atoms with E-state index in [4.69, 9.17) is 10.1 Å². The van der Waals surface area contributed by atoms with Gasteiger partial charge in [0.25, 0.3) is 0 Å². The highest BCUT2D eigenvalue weighted by atomic mass is 16.5. The molecule has 1 unspecified atom stereocenters. The second-order valence-electron chi connectivity index (χ2n) is 5.61. The molecule has 24 heavy (non-hydrogen) atoms. The van der Waals surface area contributed by atoms with Crippen LogP contribution in [0.2, 0.25) is 0 Å². The van der Waals surface area contributed by atoms with Crippen LogP contribution in [0, 0.1) is 5.41 Å². The highest BCUT2D eigenvalue weighted by molar-refractivity contribution is 5.75. The molecule has 0 aliphatic carbocycles. The Hall–Kier alpha value is -2.79. The van der Waals surface area contributed by atoms with Gasteiger partial charge in [0.1, 0.15) is 5.75 Å². The van der Waals surface area contributed by atoms with E-state index in [1.807, 2.05) is 57.7 Å². The molecule has 0 bridgehead atoms. The summed E-state index contributed by atoms with van der Waals surface area (Å²) in [4.78, 5) is 0. The van der Waals surface area contributed by atoms with Crippen molar-refractivity contribution in [1.29, 1.82) is 5.41 Å². The molecule has 5 heteroatoms. The number of fused-ring (bicyclic) bond motifs is 1. The number of para-hydroxylation sites is 2. The minimum absolute atomic E-state index is 0.315. The normalized spacial score (nSPS) is 12.2. The molecule has 0 fully saturated rings. The first-order chi connectivity index (χ1) is 11.7. The number of aromatic nitrogens is 2. The van der Waals surface area contributed by atoms with E-state index < -0.39 is 6.10 Å². The van der Waals surface area contributed by atoms with Crippen LogP contribution in [0.15, 0.2) is 61.2 Å². The summed E-state index contributed by atoms with van der Waals surface area (Å²) in [7, 11) is 1.61. The molecule has 5 nitrogen and oxygen atoms in total. The third kappa shape index (κ3) is 2.86. The number of allylic oxidation sites excluding steroid dienone is 1. The lowest BCUT2D eigenvalue weighted by molar-refractivity contribution is 0.155. The van der Waals surface area contributed by atoms with E-state index in [-0.39, 0.29) is 0 Å². The fourth-order valence-electron chi connectivity index (χ4n) is 2.90. The number of benzene rings is 2. The summed E-state index contributed by atoms with van der Waals surface area (Å²) in [6.45, 7) is 4.64. The maximum Gasteiger partial charge on any atom is 0.203 e. The third-order valence-corrected chi connectivity index (χ3v) is 4.14. The van der Waals surface area contributed by atoms with Crippen molar-refractivity contribution in [3.63, 3.8) is 0 Å². The number of methoxy groups -OCH3 is 1. The highest BCUT2D eigenvalue weighted by Crippen LogP contribution is 2.21. The SMILES string of the molecule is C=CCn1c(=N)n(CC(O)c2ccc(OC)cc2)c2ccccc21. The van der Waals surface area contributed by atoms with Gasteiger partial charge in [-0.2, -0.15) is 0 Å². The van der Waals surface area contributed by atoms with Crippen molar-refractivity contribution in [2.24, 2.45) is 0 Å². The summed E-state index contributed by atoms with van der Waals surface area (Å²) in [6, 6.07) is 15.2. The first kappa shape index (κ1) is 16.1. The number of aliphatic hydroxyl groups is 1. The summed E-state index contributed by atoms with van der Waals surface area (Å²) >= 11 is 0. The van der Waals surface area contributed by atoms with E-state index in [2.05, 4.69) is 6.58 Å². The largest absolute Gasteiger partial charge is 0.497 e. The number of ether oxygens (including phenoxy) is 1. The Morgan fingerprint density at radius 1 is 1.12 bits per heavy atom. The van der Waals surface area contributed by atoms with Gasteiger partial charge in [0.2, 0.25) is 5.62 Å². The number of aliphatic hydroxyl groups excluding tert-OH is 1. The van der Waals surface area contributed by atoms with Gasteiger partial charge < -0.3 is 19.0 Å². The molecule has 0 spiro atoms. The predicted molar refractivity (Wildman–Crippen MR) is 93.9 cm³/mol. The lowest BCUT2D eigenvalue weighted by atomic mass is 10.1. The molecular formula is C19H21N3O2. The topological polar surface area (TPSA) is 63.2 Å². The molecule has 0 radical (unpaired) electrons. The van der Waals surface area contributed by atoms with Crippen LogP contribution in [0.5, 0.6) is 5.75 Å². The second-order valence-corrected chi connectivity index (χ2v) is 5.61. The van der Waals surface area contributed by atoms with Crippen LogP contribution in [-0.2, 0) is 13.1 Å². The van der Waals surface area contributed by atoms with Gasteiger partial charge in [0.15, 0.2) is 0 Å². The van der Waals surface area contributed by atoms with Crippen molar-refractivity contribution in [3.8, 4) is 5.75 Å². The predicted octanol–water partition coefficient (Wildman–Crippen LogP) is 2.85. The maximum atomic E-state index is 10.6. The van der Waals surface area contributed by atoms with Crippen LogP contribution in [-0.4, -0.2) is 21.4 Å². The van der Waals surface area contributed by atoms with Gasteiger partial charge in [0, 0.05) is 6.54 Å². The average molecular weight is 323 g/mol. The molecule has 1 atom stereocenters. The molecule has 3 rings (SSSR count). The summed E-state index contributed by atoms with van der Waals surface area (Å²) in [5.74, 6) is 0.752. The van der Waals surface area contributed by atoms with Gasteiger partial charge in [0.05, 0.1) is 30.8 Å². The smallest absolute Gasteiger partial charge is 0.203 e. The Bertz CT molecular complexity index is 907. The molecule has 124 valence electrons.